The number of rotatable bonds is 0. The second-order valence-corrected chi connectivity index (χ2v) is 3.48. The molecular weight excluding hydrogens is 126 g/mol. The van der Waals surface area contributed by atoms with E-state index in [0.29, 0.717) is 0 Å². The number of nitrogens with zero attached hydrogens (tertiary/aromatic N) is 1. The van der Waals surface area contributed by atoms with Crippen LogP contribution in [0.2, 0.25) is 0 Å². The third-order valence-corrected chi connectivity index (χ3v) is 2.66. The Labute approximate surface area is 61.3 Å². The predicted molar refractivity (Wildman–Crippen MR) is 41.1 cm³/mol. The molecule has 0 aromatic rings. The summed E-state index contributed by atoms with van der Waals surface area (Å²) >= 11 is 0. The molecule has 0 bridgehead atoms. The van der Waals surface area contributed by atoms with Gasteiger partial charge >= 0.3 is 0 Å². The summed E-state index contributed by atoms with van der Waals surface area (Å²) in [5.41, 5.74) is 0.946. The average Bonchev–Trinajstić information content (AvgIpc) is 1.97. The Bertz CT molecular complexity index is 203. The molecule has 2 nitrogen and oxygen atoms in total. The lowest BCUT2D eigenvalue weighted by molar-refractivity contribution is -0.121. The van der Waals surface area contributed by atoms with Crippen LogP contribution in [-0.2, 0) is 4.79 Å². The zero-order chi connectivity index (χ0) is 7.94. The second kappa shape index (κ2) is 1.91. The average molecular weight is 139 g/mol. The molecule has 1 heterocycles. The molecule has 0 aromatic carbocycles. The highest BCUT2D eigenvalue weighted by molar-refractivity contribution is 6.05. The van der Waals surface area contributed by atoms with E-state index >= 15 is 0 Å². The summed E-state index contributed by atoms with van der Waals surface area (Å²) in [6.07, 6.45) is 0. The number of amides is 1. The summed E-state index contributed by atoms with van der Waals surface area (Å²) in [5, 5.41) is 0. The Kier molecular flexibility index (Phi) is 1.42. The highest BCUT2D eigenvalue weighted by atomic mass is 16.1. The van der Waals surface area contributed by atoms with E-state index in [1.165, 1.54) is 0 Å². The first-order chi connectivity index (χ1) is 4.46. The summed E-state index contributed by atoms with van der Waals surface area (Å²) < 4.78 is 0. The number of aliphatic imine (C=N–C) groups is 1. The van der Waals surface area contributed by atoms with Crippen LogP contribution < -0.4 is 0 Å². The van der Waals surface area contributed by atoms with Crippen molar-refractivity contribution in [2.45, 2.75) is 27.7 Å². The van der Waals surface area contributed by atoms with E-state index in [-0.39, 0.29) is 17.2 Å². The second-order valence-electron chi connectivity index (χ2n) is 3.48. The van der Waals surface area contributed by atoms with Gasteiger partial charge in [0.2, 0.25) is 5.91 Å². The minimum absolute atomic E-state index is 0.0168. The van der Waals surface area contributed by atoms with E-state index in [2.05, 4.69) is 18.8 Å². The smallest absolute Gasteiger partial charge is 0.249 e. The van der Waals surface area contributed by atoms with Crippen molar-refractivity contribution in [2.24, 2.45) is 16.3 Å². The summed E-state index contributed by atoms with van der Waals surface area (Å²) in [5.74, 6) is 0.0926. The molecule has 0 spiro atoms. The van der Waals surface area contributed by atoms with Crippen molar-refractivity contribution in [3.63, 3.8) is 0 Å². The molecule has 0 saturated carbocycles. The van der Waals surface area contributed by atoms with E-state index in [1.807, 2.05) is 13.8 Å². The zero-order valence-corrected chi connectivity index (χ0v) is 6.93. The molecule has 1 aliphatic rings. The van der Waals surface area contributed by atoms with E-state index in [0.717, 1.165) is 5.71 Å². The SMILES string of the molecule is CC1=NC(=O)C(C)C1(C)C. The van der Waals surface area contributed by atoms with Crippen LogP contribution in [0.15, 0.2) is 4.99 Å². The molecule has 1 rings (SSSR count). The summed E-state index contributed by atoms with van der Waals surface area (Å²) in [7, 11) is 0. The summed E-state index contributed by atoms with van der Waals surface area (Å²) in [4.78, 5) is 14.9. The monoisotopic (exact) mass is 139 g/mol. The lowest BCUT2D eigenvalue weighted by Gasteiger charge is -2.21. The molecule has 0 aliphatic carbocycles. The van der Waals surface area contributed by atoms with Gasteiger partial charge in [0, 0.05) is 17.0 Å². The van der Waals surface area contributed by atoms with Gasteiger partial charge in [-0.3, -0.25) is 4.79 Å². The summed E-state index contributed by atoms with van der Waals surface area (Å²) in [6.45, 7) is 7.96. The summed E-state index contributed by atoms with van der Waals surface area (Å²) in [6, 6.07) is 0. The van der Waals surface area contributed by atoms with Gasteiger partial charge in [-0.25, -0.2) is 4.99 Å². The first kappa shape index (κ1) is 7.45. The molecule has 1 unspecified atom stereocenters. The van der Waals surface area contributed by atoms with Crippen LogP contribution in [0.3, 0.4) is 0 Å². The maximum absolute atomic E-state index is 11.0. The number of hydrogen-bond donors (Lipinski definition) is 0. The fourth-order valence-corrected chi connectivity index (χ4v) is 1.03. The maximum Gasteiger partial charge on any atom is 0.249 e. The van der Waals surface area contributed by atoms with Crippen LogP contribution >= 0.6 is 0 Å². The highest BCUT2D eigenvalue weighted by Crippen LogP contribution is 2.34. The first-order valence-corrected chi connectivity index (χ1v) is 3.56. The van der Waals surface area contributed by atoms with Crippen LogP contribution in [0.25, 0.3) is 0 Å². The maximum atomic E-state index is 11.0. The molecule has 2 heteroatoms. The van der Waals surface area contributed by atoms with Gasteiger partial charge in [0.1, 0.15) is 0 Å². The third-order valence-electron chi connectivity index (χ3n) is 2.66. The molecule has 0 radical (unpaired) electrons. The van der Waals surface area contributed by atoms with Gasteiger partial charge < -0.3 is 0 Å². The van der Waals surface area contributed by atoms with Crippen LogP contribution in [0.1, 0.15) is 27.7 Å². The Hall–Kier alpha value is -0.660. The predicted octanol–water partition coefficient (Wildman–Crippen LogP) is 1.65. The number of hydrogen-bond acceptors (Lipinski definition) is 1. The van der Waals surface area contributed by atoms with E-state index in [9.17, 15) is 4.79 Å². The third kappa shape index (κ3) is 0.789. The Morgan fingerprint density at radius 2 is 2.00 bits per heavy atom. The Morgan fingerprint density at radius 1 is 1.50 bits per heavy atom. The number of carbonyl (C=O) groups excluding carboxylic acids is 1. The van der Waals surface area contributed by atoms with Gasteiger partial charge in [-0.15, -0.1) is 0 Å². The van der Waals surface area contributed by atoms with Crippen molar-refractivity contribution < 1.29 is 4.79 Å². The van der Waals surface area contributed by atoms with E-state index < -0.39 is 0 Å². The standard InChI is InChI=1S/C8H13NO/c1-5-7(10)9-6(2)8(5,3)4/h5H,1-4H3. The van der Waals surface area contributed by atoms with Crippen molar-refractivity contribution in [3.8, 4) is 0 Å². The molecule has 1 amide bonds. The van der Waals surface area contributed by atoms with Crippen LogP contribution in [0.4, 0.5) is 0 Å². The zero-order valence-electron chi connectivity index (χ0n) is 6.93. The van der Waals surface area contributed by atoms with Gasteiger partial charge in [0.05, 0.1) is 0 Å². The van der Waals surface area contributed by atoms with Crippen molar-refractivity contribution in [1.29, 1.82) is 0 Å². The van der Waals surface area contributed by atoms with Gasteiger partial charge in [-0.1, -0.05) is 20.8 Å². The van der Waals surface area contributed by atoms with Crippen LogP contribution in [0.5, 0.6) is 0 Å². The van der Waals surface area contributed by atoms with E-state index in [4.69, 9.17) is 0 Å². The topological polar surface area (TPSA) is 29.4 Å². The molecule has 1 atom stereocenters. The molecule has 0 aromatic heterocycles. The van der Waals surface area contributed by atoms with Crippen molar-refractivity contribution >= 4 is 11.6 Å². The van der Waals surface area contributed by atoms with Crippen LogP contribution in [0, 0.1) is 11.3 Å². The normalized spacial score (nSPS) is 30.6. The minimum atomic E-state index is -0.0168. The lowest BCUT2D eigenvalue weighted by atomic mass is 9.79. The van der Waals surface area contributed by atoms with Gasteiger partial charge in [-0.2, -0.15) is 0 Å². The first-order valence-electron chi connectivity index (χ1n) is 3.56. The minimum Gasteiger partial charge on any atom is -0.272 e. The van der Waals surface area contributed by atoms with Crippen molar-refractivity contribution in [2.75, 3.05) is 0 Å². The fourth-order valence-electron chi connectivity index (χ4n) is 1.03. The Morgan fingerprint density at radius 3 is 2.10 bits per heavy atom. The molecule has 0 fully saturated rings. The van der Waals surface area contributed by atoms with Crippen molar-refractivity contribution in [1.82, 2.24) is 0 Å². The molecule has 10 heavy (non-hydrogen) atoms. The molecular formula is C8H13NO. The molecule has 56 valence electrons. The van der Waals surface area contributed by atoms with Crippen LogP contribution in [-0.4, -0.2) is 11.6 Å². The van der Waals surface area contributed by atoms with Gasteiger partial charge in [-0.05, 0) is 6.92 Å². The Balaban J connectivity index is 3.00. The highest BCUT2D eigenvalue weighted by Gasteiger charge is 2.39. The van der Waals surface area contributed by atoms with Crippen molar-refractivity contribution in [3.05, 3.63) is 0 Å². The quantitative estimate of drug-likeness (QED) is 0.501. The fraction of sp³-hybridized carbons (Fsp3) is 0.750. The lowest BCUT2D eigenvalue weighted by Crippen LogP contribution is -2.26. The molecule has 0 saturated heterocycles. The molecule has 0 N–H and O–H groups in total. The van der Waals surface area contributed by atoms with Gasteiger partial charge in [0.25, 0.3) is 0 Å². The largest absolute Gasteiger partial charge is 0.272 e. The molecule has 1 aliphatic heterocycles. The number of carbonyl (C=O) groups is 1. The van der Waals surface area contributed by atoms with Gasteiger partial charge in [0.15, 0.2) is 0 Å². The van der Waals surface area contributed by atoms with E-state index in [1.54, 1.807) is 0 Å².